The lowest BCUT2D eigenvalue weighted by Gasteiger charge is -2.34. The third-order valence-corrected chi connectivity index (χ3v) is 3.50. The minimum atomic E-state index is -0.373. The first kappa shape index (κ1) is 16.0. The van der Waals surface area contributed by atoms with E-state index in [9.17, 15) is 14.4 Å². The van der Waals surface area contributed by atoms with Gasteiger partial charge in [0.05, 0.1) is 6.42 Å². The lowest BCUT2D eigenvalue weighted by Crippen LogP contribution is -2.50. The fourth-order valence-corrected chi connectivity index (χ4v) is 2.27. The van der Waals surface area contributed by atoms with Gasteiger partial charge in [0, 0.05) is 26.2 Å². The summed E-state index contributed by atoms with van der Waals surface area (Å²) in [5.74, 6) is -0.320. The molecule has 1 aromatic rings. The van der Waals surface area contributed by atoms with Crippen molar-refractivity contribution in [3.63, 3.8) is 0 Å². The quantitative estimate of drug-likeness (QED) is 0.790. The number of hydrogen-bond acceptors (Lipinski definition) is 4. The third-order valence-electron chi connectivity index (χ3n) is 3.50. The molecule has 0 aromatic heterocycles. The van der Waals surface area contributed by atoms with Crippen molar-refractivity contribution in [2.75, 3.05) is 26.2 Å². The summed E-state index contributed by atoms with van der Waals surface area (Å²) >= 11 is 0. The normalized spacial score (nSPS) is 14.6. The van der Waals surface area contributed by atoms with Crippen LogP contribution >= 0.6 is 0 Å². The summed E-state index contributed by atoms with van der Waals surface area (Å²) in [6.45, 7) is 3.37. The van der Waals surface area contributed by atoms with Crippen LogP contribution in [0.4, 0.5) is 4.79 Å². The largest absolute Gasteiger partial charge is 0.445 e. The molecule has 1 fully saturated rings. The van der Waals surface area contributed by atoms with E-state index in [-0.39, 0.29) is 30.8 Å². The molecule has 0 N–H and O–H groups in total. The number of Topliss-reactive ketones (excluding diaryl/α,β-unsaturated/α-hetero) is 1. The summed E-state index contributed by atoms with van der Waals surface area (Å²) in [6.07, 6.45) is -0.444. The molecule has 6 nitrogen and oxygen atoms in total. The zero-order valence-electron chi connectivity index (χ0n) is 12.7. The molecule has 0 atom stereocenters. The number of ketones is 1. The number of piperazine rings is 1. The molecular weight excluding hydrogens is 284 g/mol. The van der Waals surface area contributed by atoms with Crippen molar-refractivity contribution >= 4 is 17.8 Å². The van der Waals surface area contributed by atoms with E-state index < -0.39 is 0 Å². The molecular formula is C16H20N2O4. The van der Waals surface area contributed by atoms with Crippen LogP contribution in [-0.4, -0.2) is 53.8 Å². The molecule has 6 heteroatoms. The highest BCUT2D eigenvalue weighted by molar-refractivity contribution is 5.96. The Bertz CT molecular complexity index is 536. The van der Waals surface area contributed by atoms with Gasteiger partial charge in [-0.05, 0) is 12.5 Å². The van der Waals surface area contributed by atoms with Crippen LogP contribution in [0.2, 0.25) is 0 Å². The Kier molecular flexibility index (Phi) is 5.52. The van der Waals surface area contributed by atoms with E-state index >= 15 is 0 Å². The summed E-state index contributed by atoms with van der Waals surface area (Å²) in [7, 11) is 0. The number of amides is 2. The van der Waals surface area contributed by atoms with E-state index in [0.717, 1.165) is 5.56 Å². The van der Waals surface area contributed by atoms with Crippen LogP contribution in [0.1, 0.15) is 18.9 Å². The Morgan fingerprint density at radius 3 is 2.18 bits per heavy atom. The standard InChI is InChI=1S/C16H20N2O4/c1-13(19)11-15(20)17-7-9-18(10-8-17)16(21)22-12-14-5-3-2-4-6-14/h2-6H,7-12H2,1H3. The van der Waals surface area contributed by atoms with Gasteiger partial charge in [-0.1, -0.05) is 30.3 Å². The monoisotopic (exact) mass is 304 g/mol. The Hall–Kier alpha value is -2.37. The van der Waals surface area contributed by atoms with Gasteiger partial charge >= 0.3 is 6.09 Å². The second-order valence-electron chi connectivity index (χ2n) is 5.29. The van der Waals surface area contributed by atoms with Crippen molar-refractivity contribution in [2.24, 2.45) is 0 Å². The number of carbonyl (C=O) groups excluding carboxylic acids is 3. The molecule has 0 saturated carbocycles. The van der Waals surface area contributed by atoms with E-state index in [0.29, 0.717) is 26.2 Å². The zero-order chi connectivity index (χ0) is 15.9. The van der Waals surface area contributed by atoms with E-state index in [1.165, 1.54) is 6.92 Å². The molecule has 2 amide bonds. The topological polar surface area (TPSA) is 66.9 Å². The first-order valence-corrected chi connectivity index (χ1v) is 7.29. The van der Waals surface area contributed by atoms with Crippen LogP contribution in [0.3, 0.4) is 0 Å². The number of hydrogen-bond donors (Lipinski definition) is 0. The van der Waals surface area contributed by atoms with Crippen LogP contribution in [0, 0.1) is 0 Å². The number of carbonyl (C=O) groups is 3. The Labute approximate surface area is 129 Å². The molecule has 1 heterocycles. The fraction of sp³-hybridized carbons (Fsp3) is 0.438. The summed E-state index contributed by atoms with van der Waals surface area (Å²) in [5, 5.41) is 0. The molecule has 0 radical (unpaired) electrons. The Balaban J connectivity index is 1.75. The summed E-state index contributed by atoms with van der Waals surface area (Å²) in [6, 6.07) is 9.48. The lowest BCUT2D eigenvalue weighted by atomic mass is 10.2. The second-order valence-corrected chi connectivity index (χ2v) is 5.29. The highest BCUT2D eigenvalue weighted by Crippen LogP contribution is 2.08. The highest BCUT2D eigenvalue weighted by Gasteiger charge is 2.25. The summed E-state index contributed by atoms with van der Waals surface area (Å²) < 4.78 is 5.26. The smallest absolute Gasteiger partial charge is 0.410 e. The van der Waals surface area contributed by atoms with Gasteiger partial charge in [-0.15, -0.1) is 0 Å². The van der Waals surface area contributed by atoms with Gasteiger partial charge in [0.2, 0.25) is 5.91 Å². The Morgan fingerprint density at radius 2 is 1.59 bits per heavy atom. The van der Waals surface area contributed by atoms with E-state index in [1.54, 1.807) is 9.80 Å². The van der Waals surface area contributed by atoms with Gasteiger partial charge in [-0.25, -0.2) is 4.79 Å². The number of rotatable bonds is 4. The van der Waals surface area contributed by atoms with Crippen LogP contribution in [-0.2, 0) is 20.9 Å². The molecule has 2 rings (SSSR count). The van der Waals surface area contributed by atoms with E-state index in [4.69, 9.17) is 4.74 Å². The molecule has 0 aliphatic carbocycles. The maximum absolute atomic E-state index is 12.0. The van der Waals surface area contributed by atoms with Crippen LogP contribution in [0.5, 0.6) is 0 Å². The molecule has 1 aromatic carbocycles. The summed E-state index contributed by atoms with van der Waals surface area (Å²) in [5.41, 5.74) is 0.936. The average Bonchev–Trinajstić information content (AvgIpc) is 2.53. The minimum Gasteiger partial charge on any atom is -0.445 e. The van der Waals surface area contributed by atoms with E-state index in [1.807, 2.05) is 30.3 Å². The van der Waals surface area contributed by atoms with Crippen molar-refractivity contribution in [1.29, 1.82) is 0 Å². The number of benzene rings is 1. The van der Waals surface area contributed by atoms with Gasteiger partial charge in [-0.2, -0.15) is 0 Å². The van der Waals surface area contributed by atoms with Gasteiger partial charge in [0.25, 0.3) is 0 Å². The first-order chi connectivity index (χ1) is 10.6. The molecule has 22 heavy (non-hydrogen) atoms. The lowest BCUT2D eigenvalue weighted by molar-refractivity contribution is -0.136. The SMILES string of the molecule is CC(=O)CC(=O)N1CCN(C(=O)OCc2ccccc2)CC1. The second kappa shape index (κ2) is 7.59. The number of nitrogens with zero attached hydrogens (tertiary/aromatic N) is 2. The third kappa shape index (κ3) is 4.58. The van der Waals surface area contributed by atoms with E-state index in [2.05, 4.69) is 0 Å². The first-order valence-electron chi connectivity index (χ1n) is 7.29. The predicted molar refractivity (Wildman–Crippen MR) is 80.1 cm³/mol. The maximum atomic E-state index is 12.0. The minimum absolute atomic E-state index is 0.0710. The molecule has 1 saturated heterocycles. The van der Waals surface area contributed by atoms with Crippen molar-refractivity contribution in [2.45, 2.75) is 20.0 Å². The van der Waals surface area contributed by atoms with Gasteiger partial charge in [-0.3, -0.25) is 9.59 Å². The van der Waals surface area contributed by atoms with Crippen LogP contribution in [0.25, 0.3) is 0 Å². The Morgan fingerprint density at radius 1 is 1.00 bits per heavy atom. The van der Waals surface area contributed by atoms with Gasteiger partial charge in [0.15, 0.2) is 0 Å². The zero-order valence-corrected chi connectivity index (χ0v) is 12.7. The molecule has 118 valence electrons. The summed E-state index contributed by atoms with van der Waals surface area (Å²) in [4.78, 5) is 37.9. The van der Waals surface area contributed by atoms with Crippen molar-refractivity contribution in [3.8, 4) is 0 Å². The predicted octanol–water partition coefficient (Wildman–Crippen LogP) is 1.45. The number of ether oxygens (including phenoxy) is 1. The molecule has 0 bridgehead atoms. The van der Waals surface area contributed by atoms with Gasteiger partial charge in [0.1, 0.15) is 12.4 Å². The average molecular weight is 304 g/mol. The maximum Gasteiger partial charge on any atom is 0.410 e. The molecule has 0 unspecified atom stereocenters. The van der Waals surface area contributed by atoms with Crippen molar-refractivity contribution in [3.05, 3.63) is 35.9 Å². The molecule has 0 spiro atoms. The van der Waals surface area contributed by atoms with Gasteiger partial charge < -0.3 is 14.5 Å². The van der Waals surface area contributed by atoms with Crippen molar-refractivity contribution < 1.29 is 19.1 Å². The molecule has 1 aliphatic heterocycles. The van der Waals surface area contributed by atoms with Crippen LogP contribution in [0.15, 0.2) is 30.3 Å². The van der Waals surface area contributed by atoms with Crippen LogP contribution < -0.4 is 0 Å². The molecule has 1 aliphatic rings. The fourth-order valence-electron chi connectivity index (χ4n) is 2.27. The highest BCUT2D eigenvalue weighted by atomic mass is 16.6. The van der Waals surface area contributed by atoms with Crippen molar-refractivity contribution in [1.82, 2.24) is 9.80 Å².